The molecule has 0 unspecified atom stereocenters. The highest BCUT2D eigenvalue weighted by molar-refractivity contribution is 5.44. The quantitative estimate of drug-likeness (QED) is 0.604. The van der Waals surface area contributed by atoms with Gasteiger partial charge in [-0.05, 0) is 17.7 Å². The number of pyridine rings is 1. The largest absolute Gasteiger partial charge is 0.265 e. The van der Waals surface area contributed by atoms with E-state index < -0.39 is 0 Å². The number of allylic oxidation sites excluding steroid dienone is 2. The van der Waals surface area contributed by atoms with E-state index in [0.29, 0.717) is 0 Å². The molecule has 0 N–H and O–H groups in total. The van der Waals surface area contributed by atoms with E-state index in [0.717, 1.165) is 5.56 Å². The van der Waals surface area contributed by atoms with Gasteiger partial charge in [0.05, 0.1) is 0 Å². The minimum absolute atomic E-state index is 1.11. The summed E-state index contributed by atoms with van der Waals surface area (Å²) >= 11 is 0. The summed E-state index contributed by atoms with van der Waals surface area (Å²) in [5.74, 6) is 0. The van der Waals surface area contributed by atoms with Crippen molar-refractivity contribution >= 4 is 6.08 Å². The van der Waals surface area contributed by atoms with Crippen molar-refractivity contribution in [3.05, 3.63) is 62.0 Å². The van der Waals surface area contributed by atoms with Gasteiger partial charge >= 0.3 is 0 Å². The summed E-state index contributed by atoms with van der Waals surface area (Å²) in [7, 11) is 0. The molecule has 1 rings (SSSR count). The zero-order valence-corrected chi connectivity index (χ0v) is 7.11. The van der Waals surface area contributed by atoms with Crippen molar-refractivity contribution in [2.75, 3.05) is 0 Å². The van der Waals surface area contributed by atoms with Gasteiger partial charge in [-0.15, -0.1) is 0 Å². The van der Waals surface area contributed by atoms with Gasteiger partial charge < -0.3 is 0 Å². The van der Waals surface area contributed by atoms with Crippen LogP contribution in [0.1, 0.15) is 5.56 Å². The molecule has 0 saturated heterocycles. The van der Waals surface area contributed by atoms with Crippen LogP contribution in [-0.4, -0.2) is 4.98 Å². The summed E-state index contributed by atoms with van der Waals surface area (Å²) in [5.41, 5.74) is 1.11. The zero-order chi connectivity index (χ0) is 9.23. The third-order valence-electron chi connectivity index (χ3n) is 1.11. The van der Waals surface area contributed by atoms with Crippen molar-refractivity contribution < 1.29 is 0 Å². The average Bonchev–Trinajstić information content (AvgIpc) is 2.19. The van der Waals surface area contributed by atoms with E-state index >= 15 is 0 Å². The molecule has 0 bridgehead atoms. The lowest BCUT2D eigenvalue weighted by Gasteiger charge is -1.84. The van der Waals surface area contributed by atoms with Gasteiger partial charge in [0, 0.05) is 12.4 Å². The molecule has 0 spiro atoms. The van der Waals surface area contributed by atoms with E-state index in [9.17, 15) is 0 Å². The van der Waals surface area contributed by atoms with Crippen molar-refractivity contribution in [1.29, 1.82) is 0 Å². The Hall–Kier alpha value is -1.63. The van der Waals surface area contributed by atoms with Crippen molar-refractivity contribution in [3.8, 4) is 0 Å². The normalized spacial score (nSPS) is 7.33. The first-order chi connectivity index (χ1) is 5.85. The first-order valence-electron chi connectivity index (χ1n) is 3.61. The summed E-state index contributed by atoms with van der Waals surface area (Å²) in [5, 5.41) is 0. The Bertz CT molecular complexity index is 230. The van der Waals surface area contributed by atoms with Crippen molar-refractivity contribution in [2.24, 2.45) is 0 Å². The number of hydrogen-bond donors (Lipinski definition) is 0. The molecule has 1 aromatic rings. The van der Waals surface area contributed by atoms with E-state index in [4.69, 9.17) is 0 Å². The molecule has 0 atom stereocenters. The Labute approximate surface area is 73.8 Å². The average molecular weight is 159 g/mol. The van der Waals surface area contributed by atoms with E-state index in [1.165, 1.54) is 0 Å². The smallest absolute Gasteiger partial charge is 0.0273 e. The van der Waals surface area contributed by atoms with Crippen LogP contribution in [0.3, 0.4) is 0 Å². The number of hydrogen-bond acceptors (Lipinski definition) is 1. The molecule has 0 amide bonds. The highest BCUT2D eigenvalue weighted by atomic mass is 14.6. The highest BCUT2D eigenvalue weighted by Gasteiger charge is 1.76. The number of aromatic nitrogens is 1. The van der Waals surface area contributed by atoms with Crippen LogP contribution in [0.2, 0.25) is 0 Å². The maximum absolute atomic E-state index is 3.85. The molecule has 0 aromatic carbocycles. The molecule has 1 aromatic heterocycles. The summed E-state index contributed by atoms with van der Waals surface area (Å²) < 4.78 is 0. The molecular weight excluding hydrogens is 146 g/mol. The van der Waals surface area contributed by atoms with Gasteiger partial charge in [-0.1, -0.05) is 38.0 Å². The minimum atomic E-state index is 1.11. The SMILES string of the molecule is C=CC=C.C=Cc1ccncc1. The first kappa shape index (κ1) is 10.4. The lowest BCUT2D eigenvalue weighted by molar-refractivity contribution is 1.32. The van der Waals surface area contributed by atoms with Crippen LogP contribution < -0.4 is 0 Å². The summed E-state index contributed by atoms with van der Waals surface area (Å²) in [6.07, 6.45) is 8.57. The predicted octanol–water partition coefficient (Wildman–Crippen LogP) is 3.08. The van der Waals surface area contributed by atoms with Gasteiger partial charge in [-0.2, -0.15) is 0 Å². The Morgan fingerprint density at radius 2 is 1.50 bits per heavy atom. The van der Waals surface area contributed by atoms with Gasteiger partial charge in [0.25, 0.3) is 0 Å². The Morgan fingerprint density at radius 1 is 1.00 bits per heavy atom. The van der Waals surface area contributed by atoms with Crippen LogP contribution in [0.15, 0.2) is 56.4 Å². The second kappa shape index (κ2) is 7.48. The zero-order valence-electron chi connectivity index (χ0n) is 7.11. The second-order valence-electron chi connectivity index (χ2n) is 1.96. The monoisotopic (exact) mass is 159 g/mol. The molecule has 62 valence electrons. The first-order valence-corrected chi connectivity index (χ1v) is 3.61. The van der Waals surface area contributed by atoms with Crippen LogP contribution >= 0.6 is 0 Å². The third-order valence-corrected chi connectivity index (χ3v) is 1.11. The summed E-state index contributed by atoms with van der Waals surface area (Å²) in [4.78, 5) is 3.85. The van der Waals surface area contributed by atoms with E-state index in [1.807, 2.05) is 12.1 Å². The third kappa shape index (κ3) is 5.18. The Morgan fingerprint density at radius 3 is 1.75 bits per heavy atom. The predicted molar refractivity (Wildman–Crippen MR) is 54.7 cm³/mol. The van der Waals surface area contributed by atoms with Crippen molar-refractivity contribution in [1.82, 2.24) is 4.98 Å². The minimum Gasteiger partial charge on any atom is -0.265 e. The summed E-state index contributed by atoms with van der Waals surface area (Å²) in [6, 6.07) is 3.82. The molecule has 1 nitrogen and oxygen atoms in total. The van der Waals surface area contributed by atoms with Gasteiger partial charge in [0.15, 0.2) is 0 Å². The Kier molecular flexibility index (Phi) is 6.46. The van der Waals surface area contributed by atoms with Crippen molar-refractivity contribution in [3.63, 3.8) is 0 Å². The second-order valence-corrected chi connectivity index (χ2v) is 1.96. The lowest BCUT2D eigenvalue weighted by Crippen LogP contribution is -1.69. The van der Waals surface area contributed by atoms with Crippen LogP contribution in [0.25, 0.3) is 6.08 Å². The molecule has 0 aliphatic carbocycles. The topological polar surface area (TPSA) is 12.9 Å². The molecule has 0 saturated carbocycles. The maximum Gasteiger partial charge on any atom is 0.0273 e. The molecule has 0 aliphatic rings. The van der Waals surface area contributed by atoms with Crippen LogP contribution in [-0.2, 0) is 0 Å². The molecular formula is C11H13N. The fraction of sp³-hybridized carbons (Fsp3) is 0. The fourth-order valence-corrected chi connectivity index (χ4v) is 0.500. The molecule has 1 heterocycles. The van der Waals surface area contributed by atoms with E-state index in [-0.39, 0.29) is 0 Å². The standard InChI is InChI=1S/C7H7N.C4H6/c1-2-7-3-5-8-6-4-7;1-3-4-2/h2-6H,1H2;3-4H,1-2H2. The van der Waals surface area contributed by atoms with Gasteiger partial charge in [-0.25, -0.2) is 0 Å². The van der Waals surface area contributed by atoms with Gasteiger partial charge in [-0.3, -0.25) is 4.98 Å². The highest BCUT2D eigenvalue weighted by Crippen LogP contribution is 1.94. The van der Waals surface area contributed by atoms with Crippen LogP contribution in [0.4, 0.5) is 0 Å². The Balaban J connectivity index is 0.000000261. The fourth-order valence-electron chi connectivity index (χ4n) is 0.500. The van der Waals surface area contributed by atoms with Crippen LogP contribution in [0, 0.1) is 0 Å². The lowest BCUT2D eigenvalue weighted by atomic mass is 10.3. The molecule has 12 heavy (non-hydrogen) atoms. The molecule has 1 heteroatoms. The molecule has 0 aliphatic heterocycles. The molecule has 0 fully saturated rings. The number of rotatable bonds is 2. The van der Waals surface area contributed by atoms with Crippen molar-refractivity contribution in [2.45, 2.75) is 0 Å². The van der Waals surface area contributed by atoms with E-state index in [2.05, 4.69) is 24.7 Å². The maximum atomic E-state index is 3.85. The summed E-state index contributed by atoms with van der Waals surface area (Å²) in [6.45, 7) is 10.3. The number of nitrogens with zero attached hydrogens (tertiary/aromatic N) is 1. The van der Waals surface area contributed by atoms with E-state index in [1.54, 1.807) is 30.6 Å². The van der Waals surface area contributed by atoms with Gasteiger partial charge in [0.2, 0.25) is 0 Å². The molecule has 0 radical (unpaired) electrons. The van der Waals surface area contributed by atoms with Crippen LogP contribution in [0.5, 0.6) is 0 Å². The van der Waals surface area contributed by atoms with Gasteiger partial charge in [0.1, 0.15) is 0 Å².